The Balaban J connectivity index is 1.71. The fraction of sp³-hybridized carbons (Fsp3) is 0.143. The van der Waals surface area contributed by atoms with Crippen LogP contribution in [-0.4, -0.2) is 15.6 Å². The number of carbonyl (C=O) groups excluding carboxylic acids is 1. The Morgan fingerprint density at radius 3 is 2.86 bits per heavy atom. The Kier molecular flexibility index (Phi) is 4.65. The third-order valence-corrected chi connectivity index (χ3v) is 4.97. The second kappa shape index (κ2) is 7.13. The van der Waals surface area contributed by atoms with E-state index in [0.29, 0.717) is 5.69 Å². The van der Waals surface area contributed by atoms with E-state index in [9.17, 15) is 9.18 Å². The van der Waals surface area contributed by atoms with Crippen LogP contribution in [-0.2, 0) is 6.54 Å². The van der Waals surface area contributed by atoms with E-state index in [4.69, 9.17) is 16.1 Å². The van der Waals surface area contributed by atoms with Crippen molar-refractivity contribution in [1.82, 2.24) is 9.72 Å². The highest BCUT2D eigenvalue weighted by molar-refractivity contribution is 6.33. The van der Waals surface area contributed by atoms with Gasteiger partial charge in [0.25, 0.3) is 5.91 Å². The molecule has 0 aliphatic heterocycles. The van der Waals surface area contributed by atoms with Crippen molar-refractivity contribution in [3.05, 3.63) is 70.8 Å². The van der Waals surface area contributed by atoms with Crippen LogP contribution in [0, 0.1) is 12.7 Å². The summed E-state index contributed by atoms with van der Waals surface area (Å²) in [6.45, 7) is 4.53. The number of halogens is 2. The molecule has 2 aromatic carbocycles. The fourth-order valence-electron chi connectivity index (χ4n) is 3.28. The van der Waals surface area contributed by atoms with Gasteiger partial charge in [0.2, 0.25) is 0 Å². The van der Waals surface area contributed by atoms with Gasteiger partial charge in [0, 0.05) is 29.3 Å². The smallest absolute Gasteiger partial charge is 0.261 e. The summed E-state index contributed by atoms with van der Waals surface area (Å²) in [5, 5.41) is 7.88. The van der Waals surface area contributed by atoms with Crippen molar-refractivity contribution in [2.24, 2.45) is 0 Å². The highest BCUT2D eigenvalue weighted by Gasteiger charge is 2.25. The van der Waals surface area contributed by atoms with E-state index in [1.807, 2.05) is 30.5 Å². The molecule has 0 fully saturated rings. The molecule has 0 saturated heterocycles. The maximum Gasteiger partial charge on any atom is 0.261 e. The Bertz CT molecular complexity index is 1180. The lowest BCUT2D eigenvalue weighted by Crippen LogP contribution is -2.13. The number of rotatable bonds is 4. The van der Waals surface area contributed by atoms with E-state index >= 15 is 0 Å². The van der Waals surface area contributed by atoms with Gasteiger partial charge in [0.1, 0.15) is 22.8 Å². The number of hydrogen-bond acceptors (Lipinski definition) is 3. The first-order chi connectivity index (χ1) is 13.5. The second-order valence-electron chi connectivity index (χ2n) is 6.39. The van der Waals surface area contributed by atoms with Gasteiger partial charge < -0.3 is 14.4 Å². The van der Waals surface area contributed by atoms with Gasteiger partial charge in [-0.1, -0.05) is 22.8 Å². The molecule has 4 rings (SSSR count). The summed E-state index contributed by atoms with van der Waals surface area (Å²) < 4.78 is 21.6. The van der Waals surface area contributed by atoms with Gasteiger partial charge >= 0.3 is 0 Å². The Morgan fingerprint density at radius 2 is 2.11 bits per heavy atom. The lowest BCUT2D eigenvalue weighted by Gasteiger charge is -2.08. The first kappa shape index (κ1) is 18.3. The normalized spacial score (nSPS) is 11.1. The number of anilines is 1. The maximum atomic E-state index is 14.3. The average molecular weight is 398 g/mol. The molecule has 0 aliphatic carbocycles. The third kappa shape index (κ3) is 3.05. The summed E-state index contributed by atoms with van der Waals surface area (Å²) in [6, 6.07) is 11.9. The van der Waals surface area contributed by atoms with E-state index < -0.39 is 11.7 Å². The topological polar surface area (TPSA) is 60.1 Å². The molecule has 0 aliphatic rings. The summed E-state index contributed by atoms with van der Waals surface area (Å²) in [7, 11) is 0. The van der Waals surface area contributed by atoms with E-state index in [1.165, 1.54) is 18.2 Å². The lowest BCUT2D eigenvalue weighted by molar-refractivity contribution is 0.102. The van der Waals surface area contributed by atoms with Crippen LogP contribution in [0.3, 0.4) is 0 Å². The Labute approximate surface area is 165 Å². The molecule has 1 N–H and O–H groups in total. The summed E-state index contributed by atoms with van der Waals surface area (Å²) in [6.07, 6.45) is 2.00. The highest BCUT2D eigenvalue weighted by atomic mass is 35.5. The van der Waals surface area contributed by atoms with E-state index in [0.717, 1.165) is 17.4 Å². The zero-order valence-electron chi connectivity index (χ0n) is 15.3. The highest BCUT2D eigenvalue weighted by Crippen LogP contribution is 2.34. The van der Waals surface area contributed by atoms with Crippen molar-refractivity contribution in [2.75, 3.05) is 5.32 Å². The van der Waals surface area contributed by atoms with Crippen molar-refractivity contribution in [3.8, 4) is 11.3 Å². The zero-order valence-corrected chi connectivity index (χ0v) is 16.0. The number of nitrogens with one attached hydrogen (secondary N) is 1. The summed E-state index contributed by atoms with van der Waals surface area (Å²) in [5.41, 5.74) is 1.98. The molecule has 28 heavy (non-hydrogen) atoms. The fourth-order valence-corrected chi connectivity index (χ4v) is 3.53. The minimum absolute atomic E-state index is 0.0432. The molecule has 2 aromatic heterocycles. The molecule has 0 saturated carbocycles. The van der Waals surface area contributed by atoms with Crippen LogP contribution in [0.1, 0.15) is 23.0 Å². The van der Waals surface area contributed by atoms with Crippen LogP contribution in [0.15, 0.2) is 53.2 Å². The van der Waals surface area contributed by atoms with Gasteiger partial charge in [0.05, 0.1) is 10.6 Å². The SMILES string of the molecule is CCn1ccc2cc(NC(=O)c3c(-c4c(F)cccc4Cl)noc3C)ccc21. The molecule has 0 unspecified atom stereocenters. The molecule has 0 radical (unpaired) electrons. The predicted molar refractivity (Wildman–Crippen MR) is 107 cm³/mol. The second-order valence-corrected chi connectivity index (χ2v) is 6.80. The molecule has 0 atom stereocenters. The van der Waals surface area contributed by atoms with Gasteiger partial charge in [0.15, 0.2) is 0 Å². The third-order valence-electron chi connectivity index (χ3n) is 4.66. The monoisotopic (exact) mass is 397 g/mol. The van der Waals surface area contributed by atoms with Gasteiger partial charge in [-0.2, -0.15) is 0 Å². The number of carbonyl (C=O) groups is 1. The summed E-state index contributed by atoms with van der Waals surface area (Å²) in [4.78, 5) is 12.9. The molecular weight excluding hydrogens is 381 g/mol. The molecule has 7 heteroatoms. The zero-order chi connectivity index (χ0) is 19.8. The molecule has 0 bridgehead atoms. The van der Waals surface area contributed by atoms with Gasteiger partial charge in [-0.25, -0.2) is 4.39 Å². The van der Waals surface area contributed by atoms with Crippen LogP contribution in [0.4, 0.5) is 10.1 Å². The van der Waals surface area contributed by atoms with Crippen molar-refractivity contribution in [1.29, 1.82) is 0 Å². The largest absolute Gasteiger partial charge is 0.360 e. The first-order valence-corrected chi connectivity index (χ1v) is 9.18. The lowest BCUT2D eigenvalue weighted by atomic mass is 10.0. The maximum absolute atomic E-state index is 14.3. The molecule has 4 aromatic rings. The summed E-state index contributed by atoms with van der Waals surface area (Å²) in [5.74, 6) is -0.732. The predicted octanol–water partition coefficient (Wildman–Crippen LogP) is 5.67. The van der Waals surface area contributed by atoms with E-state index in [1.54, 1.807) is 6.92 Å². The number of aryl methyl sites for hydroxylation is 2. The number of benzene rings is 2. The molecule has 142 valence electrons. The number of aromatic nitrogens is 2. The van der Waals surface area contributed by atoms with Crippen molar-refractivity contribution in [3.63, 3.8) is 0 Å². The molecule has 5 nitrogen and oxygen atoms in total. The minimum Gasteiger partial charge on any atom is -0.360 e. The van der Waals surface area contributed by atoms with Crippen molar-refractivity contribution < 1.29 is 13.7 Å². The number of hydrogen-bond donors (Lipinski definition) is 1. The summed E-state index contributed by atoms with van der Waals surface area (Å²) >= 11 is 6.14. The van der Waals surface area contributed by atoms with Crippen LogP contribution < -0.4 is 5.32 Å². The van der Waals surface area contributed by atoms with Crippen LogP contribution >= 0.6 is 11.6 Å². The van der Waals surface area contributed by atoms with Gasteiger partial charge in [-0.05, 0) is 50.2 Å². The van der Waals surface area contributed by atoms with Crippen LogP contribution in [0.25, 0.3) is 22.2 Å². The number of amides is 1. The van der Waals surface area contributed by atoms with E-state index in [2.05, 4.69) is 22.0 Å². The van der Waals surface area contributed by atoms with Gasteiger partial charge in [-0.15, -0.1) is 0 Å². The molecule has 0 spiro atoms. The van der Waals surface area contributed by atoms with Crippen LogP contribution in [0.5, 0.6) is 0 Å². The minimum atomic E-state index is -0.572. The van der Waals surface area contributed by atoms with Gasteiger partial charge in [-0.3, -0.25) is 4.79 Å². The average Bonchev–Trinajstić information content (AvgIpc) is 3.24. The first-order valence-electron chi connectivity index (χ1n) is 8.80. The van der Waals surface area contributed by atoms with E-state index in [-0.39, 0.29) is 27.6 Å². The molecular formula is C21H17ClFN3O2. The Hall–Kier alpha value is -3.12. The Morgan fingerprint density at radius 1 is 1.29 bits per heavy atom. The number of fused-ring (bicyclic) bond motifs is 1. The van der Waals surface area contributed by atoms with Crippen LogP contribution in [0.2, 0.25) is 5.02 Å². The standard InChI is InChI=1S/C21H17ClFN3O2/c1-3-26-10-9-13-11-14(7-8-17(13)26)24-21(27)18-12(2)28-25-20(18)19-15(22)5-4-6-16(19)23/h4-11H,3H2,1-2H3,(H,24,27). The molecule has 1 amide bonds. The molecule has 2 heterocycles. The van der Waals surface area contributed by atoms with Crippen molar-refractivity contribution >= 4 is 34.1 Å². The quantitative estimate of drug-likeness (QED) is 0.482. The van der Waals surface area contributed by atoms with Crippen molar-refractivity contribution in [2.45, 2.75) is 20.4 Å². The number of nitrogens with zero attached hydrogens (tertiary/aromatic N) is 2.